The molecule has 2 aliphatic heterocycles. The third-order valence-electron chi connectivity index (χ3n) is 7.99. The number of carboxylic acid groups (broad SMARTS) is 2. The van der Waals surface area contributed by atoms with Gasteiger partial charge in [0.1, 0.15) is 30.2 Å². The summed E-state index contributed by atoms with van der Waals surface area (Å²) < 4.78 is 45.6. The molecule has 0 saturated carbocycles. The van der Waals surface area contributed by atoms with Crippen LogP contribution in [0.1, 0.15) is 31.7 Å². The van der Waals surface area contributed by atoms with Crippen LogP contribution in [0.25, 0.3) is 11.2 Å². The topological polar surface area (TPSA) is 346 Å². The van der Waals surface area contributed by atoms with E-state index < -0.39 is 99.5 Å². The number of nitrogens with one attached hydrogen (secondary N) is 2. The molecule has 0 aromatic carbocycles. The number of imidazole rings is 1. The van der Waals surface area contributed by atoms with E-state index in [1.165, 1.54) is 30.3 Å². The van der Waals surface area contributed by atoms with Crippen molar-refractivity contribution in [2.24, 2.45) is 5.92 Å². The first-order valence-corrected chi connectivity index (χ1v) is 16.6. The van der Waals surface area contributed by atoms with Crippen LogP contribution in [0, 0.1) is 5.92 Å². The molecule has 26 heteroatoms. The number of aliphatic hydroxyl groups excluding tert-OH is 2. The molecule has 2 saturated heterocycles. The molecule has 5 heterocycles. The number of methoxy groups -OCH3 is 1. The van der Waals surface area contributed by atoms with E-state index in [0.29, 0.717) is 0 Å². The zero-order valence-electron chi connectivity index (χ0n) is 28.2. The molecule has 2 aliphatic rings. The predicted octanol–water partition coefficient (Wildman–Crippen LogP) is -10.9. The summed E-state index contributed by atoms with van der Waals surface area (Å²) >= 11 is 0. The SMILES string of the molecule is CO[C@@H]1[C@H](OP(=O)(NCCCC(C(=O)[O-])C(=O)[O-])OC[C@@H]2C[C@@H](O)[C@H](n3ccc(N)nc3=O)O2)[C@@H](CO)O[C@H]1n1cnc2c(=O)[nH]c(N)nc21.[Na+].[Na+]. The Labute approximate surface area is 337 Å². The number of aliphatic carboxylic acids is 2. The van der Waals surface area contributed by atoms with E-state index in [1.54, 1.807) is 0 Å². The summed E-state index contributed by atoms with van der Waals surface area (Å²) in [6, 6.07) is 1.33. The molecule has 52 heavy (non-hydrogen) atoms. The van der Waals surface area contributed by atoms with Gasteiger partial charge < -0.3 is 55.7 Å². The van der Waals surface area contributed by atoms with Gasteiger partial charge in [0, 0.05) is 32.2 Å². The number of fused-ring (bicyclic) bond motifs is 1. The van der Waals surface area contributed by atoms with Crippen LogP contribution < -0.4 is 97.1 Å². The van der Waals surface area contributed by atoms with E-state index in [2.05, 4.69) is 25.0 Å². The summed E-state index contributed by atoms with van der Waals surface area (Å²) in [5.74, 6) is -5.94. The molecule has 23 nitrogen and oxygen atoms in total. The summed E-state index contributed by atoms with van der Waals surface area (Å²) in [4.78, 5) is 61.1. The number of anilines is 2. The number of ether oxygens (including phenoxy) is 3. The number of aliphatic hydroxyl groups is 2. The Balaban J connectivity index is 0.00000364. The number of carboxylic acids is 2. The Hall–Kier alpha value is -2.32. The second-order valence-corrected chi connectivity index (χ2v) is 13.1. The fraction of sp³-hybridized carbons (Fsp3) is 0.577. The van der Waals surface area contributed by atoms with Gasteiger partial charge in [-0.25, -0.2) is 19.4 Å². The average molecular weight is 774 g/mol. The van der Waals surface area contributed by atoms with Crippen molar-refractivity contribution in [1.82, 2.24) is 34.2 Å². The van der Waals surface area contributed by atoms with Crippen molar-refractivity contribution < 1.29 is 117 Å². The van der Waals surface area contributed by atoms with Crippen molar-refractivity contribution in [3.63, 3.8) is 0 Å². The maximum atomic E-state index is 14.3. The average Bonchev–Trinajstić information content (AvgIpc) is 3.74. The van der Waals surface area contributed by atoms with Gasteiger partial charge in [-0.3, -0.25) is 28.0 Å². The Bertz CT molecular complexity index is 1870. The second kappa shape index (κ2) is 18.8. The molecule has 0 amide bonds. The van der Waals surface area contributed by atoms with Crippen molar-refractivity contribution >= 4 is 42.6 Å². The zero-order chi connectivity index (χ0) is 36.3. The van der Waals surface area contributed by atoms with Crippen LogP contribution in [0.5, 0.6) is 0 Å². The molecular formula is C26H34N9Na2O14P. The number of nitrogens with zero attached hydrogens (tertiary/aromatic N) is 5. The Morgan fingerprint density at radius 3 is 2.50 bits per heavy atom. The minimum atomic E-state index is -4.55. The van der Waals surface area contributed by atoms with Gasteiger partial charge >= 0.3 is 72.6 Å². The second-order valence-electron chi connectivity index (χ2n) is 11.3. The minimum absolute atomic E-state index is 0. The van der Waals surface area contributed by atoms with Crippen molar-refractivity contribution in [3.8, 4) is 0 Å². The number of rotatable bonds is 16. The van der Waals surface area contributed by atoms with E-state index in [9.17, 15) is 44.2 Å². The van der Waals surface area contributed by atoms with Crippen LogP contribution in [0.4, 0.5) is 11.8 Å². The van der Waals surface area contributed by atoms with Crippen molar-refractivity contribution in [1.29, 1.82) is 0 Å². The summed E-state index contributed by atoms with van der Waals surface area (Å²) in [6.07, 6.45) is -6.48. The van der Waals surface area contributed by atoms with Crippen molar-refractivity contribution in [2.45, 2.75) is 62.2 Å². The van der Waals surface area contributed by atoms with Gasteiger partial charge in [0.15, 0.2) is 23.6 Å². The molecule has 3 aromatic rings. The molecule has 5 rings (SSSR count). The molecule has 2 fully saturated rings. The largest absolute Gasteiger partial charge is 1.00 e. The number of hydrogen-bond donors (Lipinski definition) is 6. The Kier molecular flexibility index (Phi) is 16.0. The fourth-order valence-electron chi connectivity index (χ4n) is 5.60. The van der Waals surface area contributed by atoms with Crippen LogP contribution in [0.15, 0.2) is 28.2 Å². The molecule has 274 valence electrons. The zero-order valence-corrected chi connectivity index (χ0v) is 33.1. The van der Waals surface area contributed by atoms with E-state index in [4.69, 9.17) is 34.7 Å². The first-order valence-electron chi connectivity index (χ1n) is 15.0. The summed E-state index contributed by atoms with van der Waals surface area (Å²) in [6.45, 7) is -1.49. The molecule has 8 atom stereocenters. The van der Waals surface area contributed by atoms with Gasteiger partial charge in [-0.05, 0) is 18.9 Å². The number of aromatic nitrogens is 6. The van der Waals surface area contributed by atoms with Crippen LogP contribution in [0.3, 0.4) is 0 Å². The number of H-pyrrole nitrogens is 1. The third-order valence-corrected chi connectivity index (χ3v) is 9.61. The minimum Gasteiger partial charge on any atom is -0.549 e. The summed E-state index contributed by atoms with van der Waals surface area (Å²) in [7, 11) is -3.28. The molecule has 8 N–H and O–H groups in total. The van der Waals surface area contributed by atoms with Crippen molar-refractivity contribution in [2.75, 3.05) is 38.3 Å². The van der Waals surface area contributed by atoms with E-state index in [-0.39, 0.29) is 101 Å². The predicted molar refractivity (Wildman–Crippen MR) is 161 cm³/mol. The number of carbonyl (C=O) groups excluding carboxylic acids is 2. The number of carbonyl (C=O) groups is 2. The number of aromatic amines is 1. The summed E-state index contributed by atoms with van der Waals surface area (Å²) in [5, 5.41) is 45.7. The van der Waals surface area contributed by atoms with Gasteiger partial charge in [-0.2, -0.15) is 9.97 Å². The third kappa shape index (κ3) is 9.85. The Morgan fingerprint density at radius 2 is 1.87 bits per heavy atom. The smallest absolute Gasteiger partial charge is 0.549 e. The number of hydrogen-bond acceptors (Lipinski definition) is 19. The summed E-state index contributed by atoms with van der Waals surface area (Å²) in [5.41, 5.74) is 9.74. The van der Waals surface area contributed by atoms with Gasteiger partial charge in [-0.15, -0.1) is 0 Å². The maximum absolute atomic E-state index is 14.3. The van der Waals surface area contributed by atoms with E-state index in [1.807, 2.05) is 0 Å². The normalized spacial score (nSPS) is 25.4. The molecule has 0 aliphatic carbocycles. The number of nitrogen functional groups attached to an aromatic ring is 2. The van der Waals surface area contributed by atoms with Gasteiger partial charge in [0.05, 0.1) is 37.6 Å². The molecule has 3 aromatic heterocycles. The van der Waals surface area contributed by atoms with Crippen LogP contribution in [-0.2, 0) is 37.4 Å². The fourth-order valence-corrected chi connectivity index (χ4v) is 7.20. The number of nitrogens with two attached hydrogens (primary N) is 2. The van der Waals surface area contributed by atoms with Crippen LogP contribution in [-0.4, -0.2) is 109 Å². The van der Waals surface area contributed by atoms with E-state index in [0.717, 1.165) is 4.57 Å². The molecule has 1 unspecified atom stereocenters. The first-order chi connectivity index (χ1) is 23.7. The molecular weight excluding hydrogens is 739 g/mol. The Morgan fingerprint density at radius 1 is 1.15 bits per heavy atom. The van der Waals surface area contributed by atoms with Crippen molar-refractivity contribution in [3.05, 3.63) is 39.4 Å². The van der Waals surface area contributed by atoms with Gasteiger partial charge in [0.2, 0.25) is 5.95 Å². The van der Waals surface area contributed by atoms with Crippen LogP contribution in [0.2, 0.25) is 0 Å². The monoisotopic (exact) mass is 773 g/mol. The first kappa shape index (κ1) is 44.1. The molecule has 0 bridgehead atoms. The van der Waals surface area contributed by atoms with Gasteiger partial charge in [-0.1, -0.05) is 0 Å². The van der Waals surface area contributed by atoms with E-state index >= 15 is 0 Å². The van der Waals surface area contributed by atoms with Crippen LogP contribution >= 0.6 is 7.75 Å². The molecule has 0 radical (unpaired) electrons. The standard InChI is InChI=1S/C26H36N9O14P.2Na/c1-45-18-17(14(8-36)48-22(18)35-10-29-16-19(35)32-25(28)33-20(16)38)49-50(44,30-5-2-3-12(23(39)40)24(41)42)46-9-11-7-13(37)21(47-11)34-6-4-15(27)31-26(34)43;;/h4,6,10-14,17-18,21-22,36-37H,2-3,5,7-9H2,1H3,(H,30,44)(H,39,40)(H,41,42)(H2,27,31,43)(H3,28,32,33,38);;/q;2*+1/p-2/t11-,13+,14+,17+,18+,21+,22+,50?;;/m0../s1. The quantitative estimate of drug-likeness (QED) is 0.0340. The maximum Gasteiger partial charge on any atom is 1.00 e. The van der Waals surface area contributed by atoms with Gasteiger partial charge in [0.25, 0.3) is 5.56 Å². The molecule has 0 spiro atoms.